The molecule has 1 N–H and O–H groups in total. The summed E-state index contributed by atoms with van der Waals surface area (Å²) >= 11 is 0. The molecule has 0 fully saturated rings. The summed E-state index contributed by atoms with van der Waals surface area (Å²) in [6.45, 7) is 6.13. The van der Waals surface area contributed by atoms with Crippen molar-refractivity contribution < 1.29 is 4.79 Å². The second kappa shape index (κ2) is 7.27. The van der Waals surface area contributed by atoms with E-state index in [-0.39, 0.29) is 11.8 Å². The number of amides is 1. The van der Waals surface area contributed by atoms with Crippen LogP contribution in [0.5, 0.6) is 0 Å². The Kier molecular flexibility index (Phi) is 4.65. The summed E-state index contributed by atoms with van der Waals surface area (Å²) in [4.78, 5) is 17.4. The van der Waals surface area contributed by atoms with Crippen LogP contribution < -0.4 is 5.32 Å². The van der Waals surface area contributed by atoms with Crippen molar-refractivity contribution in [3.8, 4) is 11.3 Å². The molecule has 4 aromatic rings. The molecule has 0 saturated carbocycles. The molecule has 2 heterocycles. The molecule has 0 spiro atoms. The van der Waals surface area contributed by atoms with E-state index in [4.69, 9.17) is 5.10 Å². The first-order valence-electron chi connectivity index (χ1n) is 9.35. The van der Waals surface area contributed by atoms with Gasteiger partial charge in [0.15, 0.2) is 5.65 Å². The van der Waals surface area contributed by atoms with Crippen LogP contribution in [0.4, 0.5) is 5.69 Å². The summed E-state index contributed by atoms with van der Waals surface area (Å²) in [6.07, 6.45) is 1.64. The SMILES string of the molecule is Cc1ccc(NC(=O)c2cnc3cc(-c4ccccc4)nn3c2C(C)C)cc1. The number of rotatable bonds is 4. The third-order valence-corrected chi connectivity index (χ3v) is 4.69. The fourth-order valence-electron chi connectivity index (χ4n) is 3.27. The first-order valence-corrected chi connectivity index (χ1v) is 9.35. The van der Waals surface area contributed by atoms with Crippen molar-refractivity contribution in [2.75, 3.05) is 5.32 Å². The molecule has 1 amide bonds. The molecule has 0 bridgehead atoms. The molecule has 2 aromatic carbocycles. The van der Waals surface area contributed by atoms with Crippen LogP contribution in [0.2, 0.25) is 0 Å². The number of nitrogens with zero attached hydrogens (tertiary/aromatic N) is 3. The van der Waals surface area contributed by atoms with Gasteiger partial charge in [0.25, 0.3) is 5.91 Å². The second-order valence-corrected chi connectivity index (χ2v) is 7.20. The van der Waals surface area contributed by atoms with E-state index in [2.05, 4.69) is 24.1 Å². The number of hydrogen-bond acceptors (Lipinski definition) is 3. The normalized spacial score (nSPS) is 11.1. The van der Waals surface area contributed by atoms with Gasteiger partial charge in [0, 0.05) is 23.5 Å². The molecule has 5 nitrogen and oxygen atoms in total. The van der Waals surface area contributed by atoms with E-state index < -0.39 is 0 Å². The van der Waals surface area contributed by atoms with Gasteiger partial charge in [-0.3, -0.25) is 4.79 Å². The molecule has 0 aliphatic rings. The minimum atomic E-state index is -0.182. The predicted octanol–water partition coefficient (Wildman–Crippen LogP) is 5.08. The fourth-order valence-corrected chi connectivity index (χ4v) is 3.27. The molecular formula is C23H22N4O. The highest BCUT2D eigenvalue weighted by molar-refractivity contribution is 6.05. The zero-order chi connectivity index (χ0) is 19.7. The standard InChI is InChI=1S/C23H22N4O/c1-15(2)22-19(23(28)25-18-11-9-16(3)10-12-18)14-24-21-13-20(26-27(21)22)17-7-5-4-6-8-17/h4-15H,1-3H3,(H,25,28). The molecule has 0 atom stereocenters. The average Bonchev–Trinajstić information content (AvgIpc) is 3.13. The Bertz CT molecular complexity index is 1130. The monoisotopic (exact) mass is 370 g/mol. The fraction of sp³-hybridized carbons (Fsp3) is 0.174. The van der Waals surface area contributed by atoms with Gasteiger partial charge in [-0.15, -0.1) is 0 Å². The number of carbonyl (C=O) groups is 1. The van der Waals surface area contributed by atoms with Gasteiger partial charge in [-0.05, 0) is 25.0 Å². The van der Waals surface area contributed by atoms with Crippen molar-refractivity contribution in [1.82, 2.24) is 14.6 Å². The van der Waals surface area contributed by atoms with E-state index in [1.165, 1.54) is 0 Å². The molecule has 2 aromatic heterocycles. The lowest BCUT2D eigenvalue weighted by Crippen LogP contribution is -2.18. The smallest absolute Gasteiger partial charge is 0.259 e. The van der Waals surface area contributed by atoms with E-state index in [9.17, 15) is 4.79 Å². The van der Waals surface area contributed by atoms with Crippen LogP contribution in [-0.4, -0.2) is 20.5 Å². The molecule has 0 aliphatic heterocycles. The first-order chi connectivity index (χ1) is 13.5. The number of benzene rings is 2. The summed E-state index contributed by atoms with van der Waals surface area (Å²) in [5.74, 6) is -0.0773. The Labute approximate surface area is 164 Å². The predicted molar refractivity (Wildman–Crippen MR) is 112 cm³/mol. The number of anilines is 1. The highest BCUT2D eigenvalue weighted by Crippen LogP contribution is 2.25. The van der Waals surface area contributed by atoms with Crippen molar-refractivity contribution in [2.45, 2.75) is 26.7 Å². The zero-order valence-electron chi connectivity index (χ0n) is 16.2. The van der Waals surface area contributed by atoms with Gasteiger partial charge in [-0.1, -0.05) is 61.9 Å². The molecule has 0 aliphatic carbocycles. The van der Waals surface area contributed by atoms with E-state index in [0.717, 1.165) is 33.8 Å². The molecule has 4 rings (SSSR count). The molecule has 140 valence electrons. The van der Waals surface area contributed by atoms with Gasteiger partial charge in [0.05, 0.1) is 17.0 Å². The minimum Gasteiger partial charge on any atom is -0.322 e. The van der Waals surface area contributed by atoms with Gasteiger partial charge in [0.1, 0.15) is 0 Å². The maximum Gasteiger partial charge on any atom is 0.259 e. The maximum atomic E-state index is 13.0. The van der Waals surface area contributed by atoms with Crippen LogP contribution in [0.1, 0.15) is 41.4 Å². The van der Waals surface area contributed by atoms with E-state index in [1.807, 2.05) is 67.6 Å². The summed E-state index contributed by atoms with van der Waals surface area (Å²) in [5, 5.41) is 7.70. The van der Waals surface area contributed by atoms with Gasteiger partial charge < -0.3 is 5.32 Å². The second-order valence-electron chi connectivity index (χ2n) is 7.20. The van der Waals surface area contributed by atoms with Crippen LogP contribution in [0.15, 0.2) is 66.9 Å². The molecule has 0 radical (unpaired) electrons. The van der Waals surface area contributed by atoms with Crippen LogP contribution in [0.3, 0.4) is 0 Å². The molecule has 5 heteroatoms. The Morgan fingerprint density at radius 3 is 2.43 bits per heavy atom. The van der Waals surface area contributed by atoms with Gasteiger partial charge >= 0.3 is 0 Å². The quantitative estimate of drug-likeness (QED) is 0.545. The highest BCUT2D eigenvalue weighted by Gasteiger charge is 2.20. The van der Waals surface area contributed by atoms with Crippen LogP contribution in [-0.2, 0) is 0 Å². The molecule has 0 saturated heterocycles. The highest BCUT2D eigenvalue weighted by atomic mass is 16.1. The topological polar surface area (TPSA) is 59.3 Å². The molecule has 28 heavy (non-hydrogen) atoms. The zero-order valence-corrected chi connectivity index (χ0v) is 16.2. The Morgan fingerprint density at radius 2 is 1.75 bits per heavy atom. The van der Waals surface area contributed by atoms with Crippen molar-refractivity contribution in [2.24, 2.45) is 0 Å². The number of fused-ring (bicyclic) bond motifs is 1. The van der Waals surface area contributed by atoms with Gasteiger partial charge in [-0.25, -0.2) is 9.50 Å². The number of aromatic nitrogens is 3. The number of hydrogen-bond donors (Lipinski definition) is 1. The van der Waals surface area contributed by atoms with Crippen LogP contribution in [0.25, 0.3) is 16.9 Å². The summed E-state index contributed by atoms with van der Waals surface area (Å²) in [7, 11) is 0. The summed E-state index contributed by atoms with van der Waals surface area (Å²) in [6, 6.07) is 19.7. The number of carbonyl (C=O) groups excluding carboxylic acids is 1. The Morgan fingerprint density at radius 1 is 1.04 bits per heavy atom. The Hall–Kier alpha value is -3.47. The Balaban J connectivity index is 1.77. The molecular weight excluding hydrogens is 348 g/mol. The van der Waals surface area contributed by atoms with Crippen LogP contribution >= 0.6 is 0 Å². The van der Waals surface area contributed by atoms with E-state index in [1.54, 1.807) is 10.7 Å². The minimum absolute atomic E-state index is 0.104. The molecule has 0 unspecified atom stereocenters. The van der Waals surface area contributed by atoms with E-state index in [0.29, 0.717) is 5.56 Å². The average molecular weight is 370 g/mol. The number of aryl methyl sites for hydroxylation is 1. The van der Waals surface area contributed by atoms with Crippen molar-refractivity contribution >= 4 is 17.2 Å². The summed E-state index contributed by atoms with van der Waals surface area (Å²) < 4.78 is 1.79. The lowest BCUT2D eigenvalue weighted by molar-refractivity contribution is 0.102. The van der Waals surface area contributed by atoms with Crippen molar-refractivity contribution in [1.29, 1.82) is 0 Å². The van der Waals surface area contributed by atoms with Crippen molar-refractivity contribution in [3.05, 3.63) is 83.7 Å². The van der Waals surface area contributed by atoms with Crippen LogP contribution in [0, 0.1) is 6.92 Å². The van der Waals surface area contributed by atoms with Gasteiger partial charge in [-0.2, -0.15) is 5.10 Å². The van der Waals surface area contributed by atoms with E-state index >= 15 is 0 Å². The first kappa shape index (κ1) is 17.9. The largest absolute Gasteiger partial charge is 0.322 e. The number of nitrogens with one attached hydrogen (secondary N) is 1. The van der Waals surface area contributed by atoms with Gasteiger partial charge in [0.2, 0.25) is 0 Å². The van der Waals surface area contributed by atoms with Crippen molar-refractivity contribution in [3.63, 3.8) is 0 Å². The maximum absolute atomic E-state index is 13.0. The summed E-state index contributed by atoms with van der Waals surface area (Å²) in [5.41, 5.74) is 5.88. The third kappa shape index (κ3) is 3.39. The third-order valence-electron chi connectivity index (χ3n) is 4.69. The lowest BCUT2D eigenvalue weighted by atomic mass is 10.0. The lowest BCUT2D eigenvalue weighted by Gasteiger charge is -2.14.